The molecule has 3 fully saturated rings. The predicted octanol–water partition coefficient (Wildman–Crippen LogP) is 3.88. The average Bonchev–Trinajstić information content (AvgIpc) is 2.49. The molecule has 2 N–H and O–H groups in total. The summed E-state index contributed by atoms with van der Waals surface area (Å²) < 4.78 is 42.2. The average molecular weight is 371 g/mol. The van der Waals surface area contributed by atoms with E-state index < -0.39 is 41.5 Å². The number of alkyl carbamates (subject to hydrolysis) is 1. The number of aliphatic carboxylic acids is 1. The Morgan fingerprint density at radius 2 is 1.81 bits per heavy atom. The van der Waals surface area contributed by atoms with E-state index in [1.807, 2.05) is 6.07 Å². The van der Waals surface area contributed by atoms with E-state index in [1.165, 1.54) is 0 Å². The van der Waals surface area contributed by atoms with Gasteiger partial charge in [0, 0.05) is 11.8 Å². The molecule has 0 saturated heterocycles. The highest BCUT2D eigenvalue weighted by atomic mass is 19.4. The van der Waals surface area contributed by atoms with Crippen LogP contribution in [0.2, 0.25) is 0 Å². The summed E-state index contributed by atoms with van der Waals surface area (Å²) in [6, 6.07) is 7.80. The minimum absolute atomic E-state index is 0.0154. The largest absolute Gasteiger partial charge is 0.480 e. The first kappa shape index (κ1) is 18.5. The minimum Gasteiger partial charge on any atom is -0.480 e. The van der Waals surface area contributed by atoms with E-state index in [-0.39, 0.29) is 13.0 Å². The van der Waals surface area contributed by atoms with Crippen LogP contribution in [0.4, 0.5) is 18.0 Å². The van der Waals surface area contributed by atoms with Gasteiger partial charge in [0.1, 0.15) is 12.6 Å². The molecule has 3 aliphatic carbocycles. The van der Waals surface area contributed by atoms with E-state index in [2.05, 4.69) is 5.32 Å². The number of nitrogens with one attached hydrogen (secondary N) is 1. The first-order valence-electron chi connectivity index (χ1n) is 8.40. The fraction of sp³-hybridized carbons (Fsp3) is 0.556. The Hall–Kier alpha value is -2.25. The highest BCUT2D eigenvalue weighted by Crippen LogP contribution is 2.76. The third-order valence-electron chi connectivity index (χ3n) is 5.45. The highest BCUT2D eigenvalue weighted by molar-refractivity contribution is 5.81. The van der Waals surface area contributed by atoms with Crippen molar-refractivity contribution in [2.24, 2.45) is 10.8 Å². The van der Waals surface area contributed by atoms with E-state index in [1.54, 1.807) is 24.3 Å². The van der Waals surface area contributed by atoms with Gasteiger partial charge in [-0.05, 0) is 36.7 Å². The molecule has 0 radical (unpaired) electrons. The van der Waals surface area contributed by atoms with Crippen molar-refractivity contribution in [3.05, 3.63) is 35.9 Å². The molecular weight excluding hydrogens is 351 g/mol. The summed E-state index contributed by atoms with van der Waals surface area (Å²) in [5, 5.41) is 11.8. The molecule has 4 rings (SSSR count). The molecule has 8 heteroatoms. The van der Waals surface area contributed by atoms with Crippen LogP contribution in [0.5, 0.6) is 0 Å². The number of amides is 1. The van der Waals surface area contributed by atoms with Gasteiger partial charge in [0.05, 0.1) is 0 Å². The zero-order valence-corrected chi connectivity index (χ0v) is 14.0. The van der Waals surface area contributed by atoms with Gasteiger partial charge in [-0.15, -0.1) is 0 Å². The van der Waals surface area contributed by atoms with Crippen LogP contribution >= 0.6 is 0 Å². The Balaban J connectivity index is 1.50. The van der Waals surface area contributed by atoms with E-state index >= 15 is 0 Å². The molecule has 1 unspecified atom stereocenters. The van der Waals surface area contributed by atoms with E-state index in [4.69, 9.17) is 4.74 Å². The maximum atomic E-state index is 12.4. The molecule has 1 aromatic rings. The standard InChI is InChI=1S/C18H20F3NO4/c19-18(20,21)7-6-16-9-17(10-16,11-16)13(14(23)24)22-15(25)26-8-12-4-2-1-3-5-12/h1-5,13H,6-11H2,(H,22,25)(H,23,24). The zero-order valence-electron chi connectivity index (χ0n) is 14.0. The van der Waals surface area contributed by atoms with Crippen molar-refractivity contribution in [2.45, 2.75) is 50.9 Å². The maximum Gasteiger partial charge on any atom is 0.408 e. The van der Waals surface area contributed by atoms with Crippen LogP contribution in [-0.2, 0) is 16.1 Å². The number of benzene rings is 1. The molecule has 26 heavy (non-hydrogen) atoms. The van der Waals surface area contributed by atoms with Crippen molar-refractivity contribution >= 4 is 12.1 Å². The summed E-state index contributed by atoms with van der Waals surface area (Å²) >= 11 is 0. The fourth-order valence-electron chi connectivity index (χ4n) is 4.42. The molecule has 1 aromatic carbocycles. The molecule has 3 aliphatic rings. The van der Waals surface area contributed by atoms with Crippen LogP contribution in [0.25, 0.3) is 0 Å². The Bertz CT molecular complexity index is 670. The quantitative estimate of drug-likeness (QED) is 0.763. The first-order valence-corrected chi connectivity index (χ1v) is 8.40. The molecule has 1 amide bonds. The molecule has 142 valence electrons. The molecule has 0 aromatic heterocycles. The molecule has 0 aliphatic heterocycles. The van der Waals surface area contributed by atoms with Gasteiger partial charge in [-0.2, -0.15) is 13.2 Å². The van der Waals surface area contributed by atoms with Crippen LogP contribution in [0.15, 0.2) is 30.3 Å². The monoisotopic (exact) mass is 371 g/mol. The number of carboxylic acid groups (broad SMARTS) is 1. The second kappa shape index (κ2) is 6.48. The summed E-state index contributed by atoms with van der Waals surface area (Å²) in [7, 11) is 0. The molecule has 5 nitrogen and oxygen atoms in total. The Morgan fingerprint density at radius 3 is 2.35 bits per heavy atom. The molecule has 0 heterocycles. The van der Waals surface area contributed by atoms with Crippen LogP contribution in [0.1, 0.15) is 37.7 Å². The number of carboxylic acids is 1. The number of halogens is 3. The summed E-state index contributed by atoms with van der Waals surface area (Å²) in [6.07, 6.45) is -4.69. The molecule has 3 saturated carbocycles. The van der Waals surface area contributed by atoms with Crippen LogP contribution < -0.4 is 5.32 Å². The highest BCUT2D eigenvalue weighted by Gasteiger charge is 2.71. The van der Waals surface area contributed by atoms with Gasteiger partial charge in [0.25, 0.3) is 0 Å². The van der Waals surface area contributed by atoms with Gasteiger partial charge in [-0.25, -0.2) is 9.59 Å². The molecule has 1 atom stereocenters. The maximum absolute atomic E-state index is 12.4. The van der Waals surface area contributed by atoms with Crippen LogP contribution in [-0.4, -0.2) is 29.4 Å². The predicted molar refractivity (Wildman–Crippen MR) is 85.2 cm³/mol. The van der Waals surface area contributed by atoms with Gasteiger partial charge in [0.15, 0.2) is 0 Å². The van der Waals surface area contributed by atoms with Crippen molar-refractivity contribution in [3.63, 3.8) is 0 Å². The van der Waals surface area contributed by atoms with Crippen molar-refractivity contribution in [1.29, 1.82) is 0 Å². The number of rotatable bonds is 7. The van der Waals surface area contributed by atoms with Gasteiger partial charge in [0.2, 0.25) is 0 Å². The number of carbonyl (C=O) groups excluding carboxylic acids is 1. The first-order chi connectivity index (χ1) is 12.1. The lowest BCUT2D eigenvalue weighted by Gasteiger charge is -2.72. The van der Waals surface area contributed by atoms with E-state index in [9.17, 15) is 27.9 Å². The van der Waals surface area contributed by atoms with Gasteiger partial charge < -0.3 is 15.2 Å². The van der Waals surface area contributed by atoms with Crippen molar-refractivity contribution in [2.75, 3.05) is 0 Å². The molecular formula is C18H20F3NO4. The zero-order chi connectivity index (χ0) is 19.0. The van der Waals surface area contributed by atoms with Crippen molar-refractivity contribution in [3.8, 4) is 0 Å². The number of ether oxygens (including phenoxy) is 1. The topological polar surface area (TPSA) is 75.6 Å². The minimum atomic E-state index is -4.20. The third kappa shape index (κ3) is 3.78. The van der Waals surface area contributed by atoms with E-state index in [0.29, 0.717) is 19.3 Å². The summed E-state index contributed by atoms with van der Waals surface area (Å²) in [5.41, 5.74) is -0.298. The van der Waals surface area contributed by atoms with Crippen molar-refractivity contribution in [1.82, 2.24) is 5.32 Å². The Morgan fingerprint density at radius 1 is 1.19 bits per heavy atom. The smallest absolute Gasteiger partial charge is 0.408 e. The summed E-state index contributed by atoms with van der Waals surface area (Å²) in [4.78, 5) is 23.5. The lowest BCUT2D eigenvalue weighted by atomic mass is 9.32. The Labute approximate surface area is 148 Å². The van der Waals surface area contributed by atoms with Gasteiger partial charge in [-0.3, -0.25) is 0 Å². The number of carbonyl (C=O) groups is 2. The lowest BCUT2D eigenvalue weighted by molar-refractivity contribution is -0.240. The van der Waals surface area contributed by atoms with E-state index in [0.717, 1.165) is 5.56 Å². The normalized spacial score (nSPS) is 27.7. The van der Waals surface area contributed by atoms with Crippen LogP contribution in [0, 0.1) is 10.8 Å². The number of alkyl halides is 3. The van der Waals surface area contributed by atoms with Crippen molar-refractivity contribution < 1.29 is 32.6 Å². The third-order valence-corrected chi connectivity index (χ3v) is 5.45. The second-order valence-corrected chi connectivity index (χ2v) is 7.49. The Kier molecular flexibility index (Phi) is 4.62. The van der Waals surface area contributed by atoms with Gasteiger partial charge >= 0.3 is 18.2 Å². The lowest BCUT2D eigenvalue weighted by Crippen LogP contribution is -2.71. The second-order valence-electron chi connectivity index (χ2n) is 7.49. The summed E-state index contributed by atoms with van der Waals surface area (Å²) in [5.74, 6) is -1.19. The SMILES string of the molecule is O=C(NC(C(=O)O)C12CC(CCC(F)(F)F)(C1)C2)OCc1ccccc1. The fourth-order valence-corrected chi connectivity index (χ4v) is 4.42. The molecule has 2 bridgehead atoms. The van der Waals surface area contributed by atoms with Gasteiger partial charge in [-0.1, -0.05) is 30.3 Å². The van der Waals surface area contributed by atoms with Crippen LogP contribution in [0.3, 0.4) is 0 Å². The number of hydrogen-bond donors (Lipinski definition) is 2. The molecule has 0 spiro atoms. The summed E-state index contributed by atoms with van der Waals surface area (Å²) in [6.45, 7) is 0.0154. The number of hydrogen-bond acceptors (Lipinski definition) is 3.